The van der Waals surface area contributed by atoms with E-state index >= 15 is 0 Å². The zero-order valence-corrected chi connectivity index (χ0v) is 55.4. The summed E-state index contributed by atoms with van der Waals surface area (Å²) in [6.07, 6.45) is 0. The quantitative estimate of drug-likeness (QED) is 0.0262. The Kier molecular flexibility index (Phi) is 75.0. The van der Waals surface area contributed by atoms with Gasteiger partial charge in [0.1, 0.15) is 0 Å². The average molecular weight is 1530 g/mol. The van der Waals surface area contributed by atoms with Crippen LogP contribution in [0.3, 0.4) is 0 Å². The van der Waals surface area contributed by atoms with E-state index in [-0.39, 0.29) is 106 Å². The fourth-order valence-electron chi connectivity index (χ4n) is 3.28. The molecule has 0 saturated carbocycles. The molecule has 0 heterocycles. The van der Waals surface area contributed by atoms with Crippen molar-refractivity contribution in [2.24, 2.45) is 0 Å². The van der Waals surface area contributed by atoms with Gasteiger partial charge in [-0.25, -0.2) is 0 Å². The van der Waals surface area contributed by atoms with Gasteiger partial charge in [0.05, 0.1) is 174 Å². The molecule has 42 nitrogen and oxygen atoms in total. The third-order valence-corrected chi connectivity index (χ3v) is 9.15. The minimum Gasteiger partial charge on any atom is -0.548 e. The Balaban J connectivity index is -0.000000149. The van der Waals surface area contributed by atoms with Gasteiger partial charge in [-0.3, -0.25) is 67.1 Å². The molecule has 0 atom stereocenters. The molecule has 0 aromatic heterocycles. The van der Waals surface area contributed by atoms with Crippen molar-refractivity contribution in [2.75, 3.05) is 132 Å². The number of carboxylic acids is 7. The summed E-state index contributed by atoms with van der Waals surface area (Å²) in [5.74, 6) is -16.7. The third-order valence-electron chi connectivity index (χ3n) is 7.14. The number of rotatable bonds is 35. The van der Waals surface area contributed by atoms with E-state index in [0.717, 1.165) is 0 Å². The van der Waals surface area contributed by atoms with E-state index in [1.807, 2.05) is 37.2 Å². The number of nitrogens with one attached hydrogen (secondary N) is 14. The van der Waals surface area contributed by atoms with Crippen molar-refractivity contribution in [3.05, 3.63) is 0 Å². The van der Waals surface area contributed by atoms with E-state index in [4.69, 9.17) is 0 Å². The molecule has 0 unspecified atom stereocenters. The Labute approximate surface area is 572 Å². The molecular formula is C42H63N14O28S7Tc. The van der Waals surface area contributed by atoms with Crippen LogP contribution in [0.2, 0.25) is 0 Å². The molecular weight excluding hydrogens is 1470 g/mol. The van der Waals surface area contributed by atoms with Crippen LogP contribution in [0.15, 0.2) is 0 Å². The largest absolute Gasteiger partial charge is 7.00 e. The summed E-state index contributed by atoms with van der Waals surface area (Å²) in [5.41, 5.74) is 0. The molecule has 0 bridgehead atoms. The zero-order valence-electron chi connectivity index (χ0n) is 47.3. The number of aliphatic carboxylic acids is 7. The molecule has 50 heteroatoms. The molecule has 0 radical (unpaired) electrons. The Morgan fingerprint density at radius 1 is 0.163 bits per heavy atom. The number of amides is 14. The van der Waals surface area contributed by atoms with Crippen LogP contribution in [0.1, 0.15) is 0 Å². The summed E-state index contributed by atoms with van der Waals surface area (Å²) in [4.78, 5) is 218. The predicted octanol–water partition coefficient (Wildman–Crippen LogP) is -21.7. The van der Waals surface area contributed by atoms with Crippen LogP contribution in [0.5, 0.6) is 0 Å². The minimum absolute atomic E-state index is 0. The molecule has 14 N–H and O–H groups in total. The molecule has 0 aliphatic rings. The molecule has 518 valence electrons. The van der Waals surface area contributed by atoms with E-state index < -0.39 is 170 Å². The van der Waals surface area contributed by atoms with Crippen LogP contribution in [0.4, 0.5) is 0 Å². The molecule has 92 heavy (non-hydrogen) atoms. The van der Waals surface area contributed by atoms with Crippen LogP contribution in [-0.4, -0.2) is 256 Å². The van der Waals surface area contributed by atoms with Crippen LogP contribution < -0.4 is 110 Å². The number of hydrogen-bond acceptors (Lipinski definition) is 35. The third kappa shape index (κ3) is 93.1. The van der Waals surface area contributed by atoms with Crippen molar-refractivity contribution in [3.8, 4) is 0 Å². The minimum atomic E-state index is -1.38. The summed E-state index contributed by atoms with van der Waals surface area (Å²) >= 11 is 25.6. The molecule has 0 aliphatic carbocycles. The van der Waals surface area contributed by atoms with Gasteiger partial charge in [-0.1, -0.05) is 0 Å². The van der Waals surface area contributed by atoms with Gasteiger partial charge in [0, 0.05) is 0 Å². The molecule has 0 aromatic rings. The first-order valence-corrected chi connectivity index (χ1v) is 28.2. The molecule has 0 aliphatic heterocycles. The summed E-state index contributed by atoms with van der Waals surface area (Å²) in [6, 6.07) is 0. The van der Waals surface area contributed by atoms with Crippen LogP contribution in [-0.2, 0) is 121 Å². The van der Waals surface area contributed by atoms with Crippen molar-refractivity contribution in [3.63, 3.8) is 0 Å². The molecule has 0 aromatic carbocycles. The van der Waals surface area contributed by atoms with E-state index in [0.29, 0.717) is 0 Å². The molecule has 0 rings (SSSR count). The van der Waals surface area contributed by atoms with Gasteiger partial charge in [-0.15, -0.1) is 0 Å². The van der Waals surface area contributed by atoms with Gasteiger partial charge in [0.25, 0.3) is 0 Å². The molecule has 0 fully saturated rings. The topological polar surface area (TPSA) is 688 Å². The summed E-state index contributed by atoms with van der Waals surface area (Å²) in [7, 11) is 0. The molecule has 0 spiro atoms. The number of carbonyl (C=O) groups is 21. The van der Waals surface area contributed by atoms with Gasteiger partial charge < -0.3 is 144 Å². The van der Waals surface area contributed by atoms with Crippen molar-refractivity contribution < 1.29 is 157 Å². The Bertz CT molecular complexity index is 1990. The second kappa shape index (κ2) is 68.9. The fourth-order valence-corrected chi connectivity index (χ4v) is 4.06. The summed E-state index contributed by atoms with van der Waals surface area (Å²) in [5, 5.41) is 98.8. The maximum Gasteiger partial charge on any atom is 7.00 e. The Morgan fingerprint density at radius 3 is 0.304 bits per heavy atom. The van der Waals surface area contributed by atoms with Crippen molar-refractivity contribution in [1.29, 1.82) is 0 Å². The Hall–Kier alpha value is -8.03. The monoisotopic (exact) mass is 1530 g/mol. The van der Waals surface area contributed by atoms with Crippen molar-refractivity contribution in [1.82, 2.24) is 74.4 Å². The second-order valence-electron chi connectivity index (χ2n) is 14.6. The van der Waals surface area contributed by atoms with Gasteiger partial charge in [-0.2, -0.15) is 88.4 Å². The first kappa shape index (κ1) is 100. The first-order chi connectivity index (χ1) is 42.4. The maximum atomic E-state index is 10.7. The van der Waals surface area contributed by atoms with Gasteiger partial charge >= 0.3 is 20.1 Å². The van der Waals surface area contributed by atoms with Crippen LogP contribution >= 0.6 is 88.4 Å². The summed E-state index contributed by atoms with van der Waals surface area (Å²) < 4.78 is 0. The SMILES string of the molecule is O=C([O-])CNC(=O)CNC(=O)CS.O=C([O-])CNC(=O)CNC(=O)CS.O=C([O-])CNC(=O)CNC(=O)CS.O=C([O-])CNC(=O)CNC(=O)CS.O=C([O-])CNC(=O)CNC(=O)CS.O=C([O-])CNC(=O)CNC(=O)CS.O=C([O-])CNC(=O)CNC(=O)CS.[Tc+7]. The van der Waals surface area contributed by atoms with E-state index in [1.165, 1.54) is 0 Å². The van der Waals surface area contributed by atoms with Crippen LogP contribution in [0.25, 0.3) is 0 Å². The fraction of sp³-hybridized carbons (Fsp3) is 0.500. The summed E-state index contributed by atoms with van der Waals surface area (Å²) in [6.45, 7) is -5.72. The maximum absolute atomic E-state index is 10.7. The second-order valence-corrected chi connectivity index (χ2v) is 16.8. The molecule has 0 saturated heterocycles. The van der Waals surface area contributed by atoms with E-state index in [2.05, 4.69) is 126 Å². The number of carboxylic acid groups (broad SMARTS) is 7. The Morgan fingerprint density at radius 2 is 0.239 bits per heavy atom. The van der Waals surface area contributed by atoms with Crippen molar-refractivity contribution in [2.45, 2.75) is 0 Å². The van der Waals surface area contributed by atoms with Crippen molar-refractivity contribution >= 4 is 213 Å². The number of thiol groups is 7. The van der Waals surface area contributed by atoms with Gasteiger partial charge in [0.15, 0.2) is 0 Å². The zero-order chi connectivity index (χ0) is 71.9. The predicted molar refractivity (Wildman–Crippen MR) is 314 cm³/mol. The first-order valence-electron chi connectivity index (χ1n) is 23.8. The van der Waals surface area contributed by atoms with Gasteiger partial charge in [0.2, 0.25) is 82.7 Å². The normalized spacial score (nSPS) is 8.90. The average Bonchev–Trinajstić information content (AvgIpc) is 3.65. The molecule has 14 amide bonds. The van der Waals surface area contributed by atoms with E-state index in [9.17, 15) is 136 Å². The number of carbonyl (C=O) groups excluding carboxylic acids is 21. The smallest absolute Gasteiger partial charge is 0.548 e. The van der Waals surface area contributed by atoms with Gasteiger partial charge in [-0.05, 0) is 0 Å². The van der Waals surface area contributed by atoms with E-state index in [1.54, 1.807) is 0 Å². The standard InChI is InChI=1S/7C6H10N2O4S.Tc/c7*9-4(8-2-6(11)12)1-7-5(10)3-13;/h7*13H,1-3H2,(H,7,10)(H,8,9)(H,11,12);/q;;;;;;;+7/p-7. The van der Waals surface area contributed by atoms with Crippen LogP contribution in [0, 0.1) is 0 Å². The number of hydrogen-bond donors (Lipinski definition) is 21.